The minimum Gasteiger partial charge on any atom is -0.470 e. The molecule has 1 unspecified atom stereocenters. The van der Waals surface area contributed by atoms with Crippen molar-refractivity contribution in [2.24, 2.45) is 0 Å². The lowest BCUT2D eigenvalue weighted by atomic mass is 10.2. The Bertz CT molecular complexity index is 430. The summed E-state index contributed by atoms with van der Waals surface area (Å²) < 4.78 is 15.7. The summed E-state index contributed by atoms with van der Waals surface area (Å²) in [6.45, 7) is 3.22. The molecule has 0 aliphatic carbocycles. The average Bonchev–Trinajstić information content (AvgIpc) is 2.85. The predicted molar refractivity (Wildman–Crippen MR) is 64.5 cm³/mol. The van der Waals surface area contributed by atoms with Crippen LogP contribution in [0.25, 0.3) is 0 Å². The van der Waals surface area contributed by atoms with Crippen molar-refractivity contribution >= 4 is 11.7 Å². The van der Waals surface area contributed by atoms with E-state index in [0.717, 1.165) is 6.42 Å². The molecule has 0 bridgehead atoms. The lowest BCUT2D eigenvalue weighted by Gasteiger charge is -2.14. The third kappa shape index (κ3) is 2.70. The Morgan fingerprint density at radius 2 is 2.50 bits per heavy atom. The van der Waals surface area contributed by atoms with E-state index < -0.39 is 5.97 Å². The molecule has 6 heteroatoms. The van der Waals surface area contributed by atoms with Gasteiger partial charge in [-0.25, -0.2) is 9.78 Å². The number of carbonyl (C=O) groups is 1. The molecule has 1 aromatic heterocycles. The zero-order chi connectivity index (χ0) is 13.0. The number of nitrogens with two attached hydrogens (primary N) is 1. The van der Waals surface area contributed by atoms with Crippen LogP contribution in [0.2, 0.25) is 0 Å². The summed E-state index contributed by atoms with van der Waals surface area (Å²) >= 11 is 0. The van der Waals surface area contributed by atoms with E-state index in [9.17, 15) is 4.79 Å². The number of pyridine rings is 1. The number of rotatable bonds is 4. The molecule has 2 N–H and O–H groups in total. The van der Waals surface area contributed by atoms with Crippen molar-refractivity contribution in [3.05, 3.63) is 17.8 Å². The molecule has 6 nitrogen and oxygen atoms in total. The van der Waals surface area contributed by atoms with E-state index in [4.69, 9.17) is 19.9 Å². The van der Waals surface area contributed by atoms with Crippen LogP contribution in [0, 0.1) is 0 Å². The first-order valence-corrected chi connectivity index (χ1v) is 5.88. The van der Waals surface area contributed by atoms with Gasteiger partial charge in [-0.2, -0.15) is 0 Å². The Labute approximate surface area is 105 Å². The van der Waals surface area contributed by atoms with Crippen LogP contribution in [-0.4, -0.2) is 36.9 Å². The Kier molecular flexibility index (Phi) is 3.99. The predicted octanol–water partition coefficient (Wildman–Crippen LogP) is 1.01. The van der Waals surface area contributed by atoms with Crippen LogP contribution in [0.3, 0.4) is 0 Å². The Morgan fingerprint density at radius 3 is 3.17 bits per heavy atom. The van der Waals surface area contributed by atoms with E-state index in [1.54, 1.807) is 6.92 Å². The lowest BCUT2D eigenvalue weighted by molar-refractivity contribution is 0.0526. The smallest absolute Gasteiger partial charge is 0.340 e. The maximum Gasteiger partial charge on any atom is 0.340 e. The largest absolute Gasteiger partial charge is 0.470 e. The molecule has 1 atom stereocenters. The van der Waals surface area contributed by atoms with Gasteiger partial charge in [0, 0.05) is 12.6 Å². The van der Waals surface area contributed by atoms with Crippen LogP contribution in [0.4, 0.5) is 5.69 Å². The molecular weight excluding hydrogens is 236 g/mol. The number of nitrogens with zero attached hydrogens (tertiary/aromatic N) is 1. The number of aromatic nitrogens is 1. The van der Waals surface area contributed by atoms with Gasteiger partial charge in [-0.3, -0.25) is 0 Å². The molecule has 0 saturated carbocycles. The zero-order valence-electron chi connectivity index (χ0n) is 10.2. The fourth-order valence-corrected chi connectivity index (χ4v) is 1.70. The van der Waals surface area contributed by atoms with Crippen molar-refractivity contribution in [3.63, 3.8) is 0 Å². The van der Waals surface area contributed by atoms with Gasteiger partial charge in [0.05, 0.1) is 25.4 Å². The fourth-order valence-electron chi connectivity index (χ4n) is 1.70. The molecule has 1 saturated heterocycles. The molecule has 18 heavy (non-hydrogen) atoms. The molecule has 98 valence electrons. The molecule has 1 aliphatic heterocycles. The molecule has 1 aliphatic rings. The standard InChI is InChI=1S/C12H16N2O4/c1-2-17-12(15)9-3-5-14-11(10(9)13)18-8-4-6-16-7-8/h3,5,8H,2,4,6-7,13H2,1H3. The number of esters is 1. The van der Waals surface area contributed by atoms with Gasteiger partial charge in [0.15, 0.2) is 0 Å². The number of carbonyl (C=O) groups excluding carboxylic acids is 1. The van der Waals surface area contributed by atoms with Gasteiger partial charge in [0.25, 0.3) is 0 Å². The topological polar surface area (TPSA) is 83.7 Å². The number of nitrogen functional groups attached to an aromatic ring is 1. The molecule has 0 amide bonds. The first-order valence-electron chi connectivity index (χ1n) is 5.88. The quantitative estimate of drug-likeness (QED) is 0.805. The average molecular weight is 252 g/mol. The third-order valence-electron chi connectivity index (χ3n) is 2.62. The fraction of sp³-hybridized carbons (Fsp3) is 0.500. The van der Waals surface area contributed by atoms with Crippen molar-refractivity contribution in [1.82, 2.24) is 4.98 Å². The van der Waals surface area contributed by atoms with E-state index in [0.29, 0.717) is 19.8 Å². The summed E-state index contributed by atoms with van der Waals surface area (Å²) in [5.41, 5.74) is 6.35. The summed E-state index contributed by atoms with van der Waals surface area (Å²) in [6.07, 6.45) is 2.22. The van der Waals surface area contributed by atoms with Crippen molar-refractivity contribution in [2.75, 3.05) is 25.6 Å². The molecule has 1 aromatic rings. The Hall–Kier alpha value is -1.82. The molecule has 1 fully saturated rings. The zero-order valence-corrected chi connectivity index (χ0v) is 10.2. The van der Waals surface area contributed by atoms with Crippen LogP contribution in [0.5, 0.6) is 5.88 Å². The van der Waals surface area contributed by atoms with E-state index in [1.165, 1.54) is 12.3 Å². The number of hydrogen-bond acceptors (Lipinski definition) is 6. The molecule has 0 radical (unpaired) electrons. The summed E-state index contributed by atoms with van der Waals surface area (Å²) in [7, 11) is 0. The SMILES string of the molecule is CCOC(=O)c1ccnc(OC2CCOC2)c1N. The summed E-state index contributed by atoms with van der Waals surface area (Å²) in [6, 6.07) is 1.52. The first kappa shape index (κ1) is 12.6. The van der Waals surface area contributed by atoms with Gasteiger partial charge in [-0.15, -0.1) is 0 Å². The Morgan fingerprint density at radius 1 is 1.67 bits per heavy atom. The number of ether oxygens (including phenoxy) is 3. The van der Waals surface area contributed by atoms with Crippen molar-refractivity contribution in [2.45, 2.75) is 19.4 Å². The van der Waals surface area contributed by atoms with Crippen molar-refractivity contribution in [3.8, 4) is 5.88 Å². The molecule has 0 aromatic carbocycles. The van der Waals surface area contributed by atoms with Crippen LogP contribution >= 0.6 is 0 Å². The van der Waals surface area contributed by atoms with Crippen molar-refractivity contribution < 1.29 is 19.0 Å². The van der Waals surface area contributed by atoms with Crippen LogP contribution in [-0.2, 0) is 9.47 Å². The monoisotopic (exact) mass is 252 g/mol. The van der Waals surface area contributed by atoms with Gasteiger partial charge < -0.3 is 19.9 Å². The highest BCUT2D eigenvalue weighted by Crippen LogP contribution is 2.25. The van der Waals surface area contributed by atoms with Gasteiger partial charge in [0.1, 0.15) is 11.8 Å². The number of anilines is 1. The molecular formula is C12H16N2O4. The normalized spacial score (nSPS) is 18.6. The van der Waals surface area contributed by atoms with Gasteiger partial charge in [0.2, 0.25) is 5.88 Å². The Balaban J connectivity index is 2.15. The highest BCUT2D eigenvalue weighted by atomic mass is 16.6. The summed E-state index contributed by atoms with van der Waals surface area (Å²) in [4.78, 5) is 15.7. The van der Waals surface area contributed by atoms with Crippen LogP contribution in [0.15, 0.2) is 12.3 Å². The first-order chi connectivity index (χ1) is 8.72. The second-order valence-electron chi connectivity index (χ2n) is 3.90. The van der Waals surface area contributed by atoms with Gasteiger partial charge >= 0.3 is 5.97 Å². The van der Waals surface area contributed by atoms with E-state index in [2.05, 4.69) is 4.98 Å². The second-order valence-corrected chi connectivity index (χ2v) is 3.90. The van der Waals surface area contributed by atoms with Gasteiger partial charge in [-0.05, 0) is 13.0 Å². The van der Waals surface area contributed by atoms with Crippen LogP contribution in [0.1, 0.15) is 23.7 Å². The highest BCUT2D eigenvalue weighted by Gasteiger charge is 2.21. The maximum atomic E-state index is 11.6. The molecule has 2 heterocycles. The summed E-state index contributed by atoms with van der Waals surface area (Å²) in [5.74, 6) is -0.207. The highest BCUT2D eigenvalue weighted by molar-refractivity contribution is 5.96. The lowest BCUT2D eigenvalue weighted by Crippen LogP contribution is -2.18. The summed E-state index contributed by atoms with van der Waals surface area (Å²) in [5, 5.41) is 0. The maximum absolute atomic E-state index is 11.6. The van der Waals surface area contributed by atoms with E-state index >= 15 is 0 Å². The third-order valence-corrected chi connectivity index (χ3v) is 2.62. The minimum absolute atomic E-state index is 0.0581. The molecule has 2 rings (SSSR count). The number of hydrogen-bond donors (Lipinski definition) is 1. The van der Waals surface area contributed by atoms with Crippen LogP contribution < -0.4 is 10.5 Å². The van der Waals surface area contributed by atoms with Crippen molar-refractivity contribution in [1.29, 1.82) is 0 Å². The molecule has 0 spiro atoms. The van der Waals surface area contributed by atoms with Gasteiger partial charge in [-0.1, -0.05) is 0 Å². The van der Waals surface area contributed by atoms with E-state index in [-0.39, 0.29) is 23.2 Å². The van der Waals surface area contributed by atoms with E-state index in [1.807, 2.05) is 0 Å². The second kappa shape index (κ2) is 5.68. The minimum atomic E-state index is -0.468.